The summed E-state index contributed by atoms with van der Waals surface area (Å²) < 4.78 is 0. The number of hydrogen-bond acceptors (Lipinski definition) is 2. The number of thiocarbonyl (C=S) groups is 1. The van der Waals surface area contributed by atoms with Crippen molar-refractivity contribution in [2.24, 2.45) is 0 Å². The van der Waals surface area contributed by atoms with Gasteiger partial charge >= 0.3 is 0 Å². The molecule has 1 aliphatic heterocycles. The van der Waals surface area contributed by atoms with E-state index in [2.05, 4.69) is 35.3 Å². The van der Waals surface area contributed by atoms with E-state index >= 15 is 0 Å². The third-order valence-corrected chi connectivity index (χ3v) is 3.34. The summed E-state index contributed by atoms with van der Waals surface area (Å²) in [5, 5.41) is 4.31. The van der Waals surface area contributed by atoms with Crippen LogP contribution < -0.4 is 0 Å². The lowest BCUT2D eigenvalue weighted by Gasteiger charge is -2.25. The molecule has 0 bridgehead atoms. The lowest BCUT2D eigenvalue weighted by molar-refractivity contribution is 0.110. The Morgan fingerprint density at radius 1 is 1.40 bits per heavy atom. The maximum Gasteiger partial charge on any atom is 0.0786 e. The Bertz CT molecular complexity index is 326. The van der Waals surface area contributed by atoms with Crippen molar-refractivity contribution in [2.45, 2.75) is 12.3 Å². The lowest BCUT2D eigenvalue weighted by atomic mass is 9.99. The van der Waals surface area contributed by atoms with Crippen LogP contribution in [0.1, 0.15) is 17.9 Å². The van der Waals surface area contributed by atoms with Crippen LogP contribution in [-0.2, 0) is 0 Å². The van der Waals surface area contributed by atoms with E-state index < -0.39 is 0 Å². The van der Waals surface area contributed by atoms with Gasteiger partial charge in [0.15, 0.2) is 0 Å². The quantitative estimate of drug-likeness (QED) is 0.722. The first-order chi connectivity index (χ1) is 7.31. The second kappa shape index (κ2) is 4.73. The van der Waals surface area contributed by atoms with Crippen LogP contribution in [0.2, 0.25) is 0 Å². The second-order valence-corrected chi connectivity index (χ2v) is 4.20. The standard InChI is InChI=1S/C12H16N2S/c1-13(10-15)14-8-7-12(9-14)11-5-3-2-4-6-11/h2-6,10,12H,7-9H2,1H3. The van der Waals surface area contributed by atoms with Crippen molar-refractivity contribution in [1.29, 1.82) is 0 Å². The predicted octanol–water partition coefficient (Wildman–Crippen LogP) is 2.28. The third-order valence-electron chi connectivity index (χ3n) is 3.04. The van der Waals surface area contributed by atoms with E-state index in [9.17, 15) is 0 Å². The minimum absolute atomic E-state index is 0.656. The molecule has 0 radical (unpaired) electrons. The molecule has 1 saturated heterocycles. The number of nitrogens with zero attached hydrogens (tertiary/aromatic N) is 2. The molecule has 3 heteroatoms. The van der Waals surface area contributed by atoms with Gasteiger partial charge in [0.25, 0.3) is 0 Å². The fourth-order valence-corrected chi connectivity index (χ4v) is 2.23. The van der Waals surface area contributed by atoms with Gasteiger partial charge in [-0.05, 0) is 17.9 Å². The minimum atomic E-state index is 0.656. The van der Waals surface area contributed by atoms with Crippen LogP contribution in [0.15, 0.2) is 30.3 Å². The van der Waals surface area contributed by atoms with Gasteiger partial charge in [0.1, 0.15) is 0 Å². The first-order valence-electron chi connectivity index (χ1n) is 5.29. The van der Waals surface area contributed by atoms with E-state index in [1.54, 1.807) is 5.49 Å². The molecule has 0 N–H and O–H groups in total. The Kier molecular flexibility index (Phi) is 3.34. The molecule has 0 aromatic heterocycles. The molecule has 1 aromatic carbocycles. The summed E-state index contributed by atoms with van der Waals surface area (Å²) in [7, 11) is 2.01. The summed E-state index contributed by atoms with van der Waals surface area (Å²) in [5.74, 6) is 0.656. The van der Waals surface area contributed by atoms with Crippen LogP contribution in [0, 0.1) is 0 Å². The van der Waals surface area contributed by atoms with Gasteiger partial charge in [0, 0.05) is 20.1 Å². The van der Waals surface area contributed by atoms with Crippen molar-refractivity contribution in [3.63, 3.8) is 0 Å². The van der Waals surface area contributed by atoms with Crippen LogP contribution in [0.4, 0.5) is 0 Å². The normalized spacial score (nSPS) is 21.5. The average Bonchev–Trinajstić information content (AvgIpc) is 2.78. The zero-order chi connectivity index (χ0) is 10.7. The van der Waals surface area contributed by atoms with Crippen molar-refractivity contribution >= 4 is 17.7 Å². The summed E-state index contributed by atoms with van der Waals surface area (Å²) in [6.45, 7) is 2.18. The maximum absolute atomic E-state index is 4.93. The molecule has 0 spiro atoms. The monoisotopic (exact) mass is 220 g/mol. The topological polar surface area (TPSA) is 6.48 Å². The van der Waals surface area contributed by atoms with E-state index in [-0.39, 0.29) is 0 Å². The van der Waals surface area contributed by atoms with Gasteiger partial charge < -0.3 is 5.01 Å². The van der Waals surface area contributed by atoms with E-state index in [0.717, 1.165) is 13.1 Å². The Balaban J connectivity index is 2.01. The highest BCUT2D eigenvalue weighted by Crippen LogP contribution is 2.26. The summed E-state index contributed by atoms with van der Waals surface area (Å²) in [6, 6.07) is 10.7. The summed E-state index contributed by atoms with van der Waals surface area (Å²) in [6.07, 6.45) is 1.22. The molecule has 1 fully saturated rings. The Morgan fingerprint density at radius 2 is 2.13 bits per heavy atom. The molecule has 0 amide bonds. The highest BCUT2D eigenvalue weighted by Gasteiger charge is 2.24. The van der Waals surface area contributed by atoms with Gasteiger partial charge in [0.05, 0.1) is 5.49 Å². The highest BCUT2D eigenvalue weighted by atomic mass is 32.1. The first-order valence-corrected chi connectivity index (χ1v) is 5.76. The zero-order valence-electron chi connectivity index (χ0n) is 8.97. The smallest absolute Gasteiger partial charge is 0.0786 e. The average molecular weight is 220 g/mol. The van der Waals surface area contributed by atoms with E-state index in [1.165, 1.54) is 12.0 Å². The van der Waals surface area contributed by atoms with Crippen LogP contribution in [0.25, 0.3) is 0 Å². The van der Waals surface area contributed by atoms with Crippen molar-refractivity contribution in [3.05, 3.63) is 35.9 Å². The van der Waals surface area contributed by atoms with Crippen LogP contribution >= 0.6 is 12.2 Å². The number of hydrazine groups is 1. The second-order valence-electron chi connectivity index (χ2n) is 3.99. The SMILES string of the molecule is CN(C=S)N1CCC(c2ccccc2)C1. The first kappa shape index (κ1) is 10.6. The Hall–Kier alpha value is -0.930. The fraction of sp³-hybridized carbons (Fsp3) is 0.417. The molecule has 0 saturated carbocycles. The molecule has 1 atom stereocenters. The molecular formula is C12H16N2S. The van der Waals surface area contributed by atoms with E-state index in [0.29, 0.717) is 5.92 Å². The molecule has 15 heavy (non-hydrogen) atoms. The van der Waals surface area contributed by atoms with Gasteiger partial charge in [-0.25, -0.2) is 5.01 Å². The number of hydrogen-bond donors (Lipinski definition) is 0. The molecule has 1 aliphatic rings. The molecule has 2 rings (SSSR count). The predicted molar refractivity (Wildman–Crippen MR) is 66.8 cm³/mol. The molecule has 0 aliphatic carbocycles. The Labute approximate surface area is 96.5 Å². The van der Waals surface area contributed by atoms with Crippen molar-refractivity contribution < 1.29 is 0 Å². The summed E-state index contributed by atoms with van der Waals surface area (Å²) >= 11 is 4.93. The van der Waals surface area contributed by atoms with Crippen molar-refractivity contribution in [1.82, 2.24) is 10.0 Å². The third kappa shape index (κ3) is 2.36. The van der Waals surface area contributed by atoms with Gasteiger partial charge in [-0.3, -0.25) is 0 Å². The van der Waals surface area contributed by atoms with Gasteiger partial charge in [-0.2, -0.15) is 0 Å². The number of rotatable bonds is 3. The van der Waals surface area contributed by atoms with Gasteiger partial charge in [-0.15, -0.1) is 0 Å². The van der Waals surface area contributed by atoms with Crippen LogP contribution in [0.5, 0.6) is 0 Å². The Morgan fingerprint density at radius 3 is 2.80 bits per heavy atom. The molecule has 1 aromatic rings. The van der Waals surface area contributed by atoms with Crippen LogP contribution in [0.3, 0.4) is 0 Å². The van der Waals surface area contributed by atoms with Crippen molar-refractivity contribution in [2.75, 3.05) is 20.1 Å². The minimum Gasteiger partial charge on any atom is -0.305 e. The fourth-order valence-electron chi connectivity index (χ4n) is 2.09. The van der Waals surface area contributed by atoms with Gasteiger partial charge in [0.2, 0.25) is 0 Å². The van der Waals surface area contributed by atoms with Gasteiger partial charge in [-0.1, -0.05) is 42.5 Å². The molecule has 1 heterocycles. The molecule has 80 valence electrons. The van der Waals surface area contributed by atoms with Crippen LogP contribution in [-0.4, -0.2) is 35.6 Å². The van der Waals surface area contributed by atoms with Crippen molar-refractivity contribution in [3.8, 4) is 0 Å². The number of benzene rings is 1. The lowest BCUT2D eigenvalue weighted by Crippen LogP contribution is -2.36. The zero-order valence-corrected chi connectivity index (χ0v) is 9.78. The highest BCUT2D eigenvalue weighted by molar-refractivity contribution is 7.78. The summed E-state index contributed by atoms with van der Waals surface area (Å²) in [5.41, 5.74) is 3.14. The van der Waals surface area contributed by atoms with E-state index in [1.807, 2.05) is 12.1 Å². The summed E-state index contributed by atoms with van der Waals surface area (Å²) in [4.78, 5) is 0. The molecule has 2 nitrogen and oxygen atoms in total. The maximum atomic E-state index is 4.93. The van der Waals surface area contributed by atoms with E-state index in [4.69, 9.17) is 12.2 Å². The largest absolute Gasteiger partial charge is 0.305 e. The molecule has 1 unspecified atom stereocenters. The molecular weight excluding hydrogens is 204 g/mol.